The van der Waals surface area contributed by atoms with Gasteiger partial charge in [0.25, 0.3) is 0 Å². The zero-order chi connectivity index (χ0) is 11.1. The van der Waals surface area contributed by atoms with Crippen LogP contribution in [0.1, 0.15) is 13.8 Å². The Kier molecular flexibility index (Phi) is 2.33. The van der Waals surface area contributed by atoms with Gasteiger partial charge in [0.2, 0.25) is 0 Å². The van der Waals surface area contributed by atoms with Crippen molar-refractivity contribution in [3.63, 3.8) is 0 Å². The molecule has 0 saturated heterocycles. The minimum absolute atomic E-state index is 0.152. The summed E-state index contributed by atoms with van der Waals surface area (Å²) in [5.74, 6) is 0. The van der Waals surface area contributed by atoms with Gasteiger partial charge >= 0.3 is 0 Å². The van der Waals surface area contributed by atoms with Gasteiger partial charge in [-0.2, -0.15) is 0 Å². The highest BCUT2D eigenvalue weighted by atomic mass is 31.1. The zero-order valence-electron chi connectivity index (χ0n) is 9.64. The van der Waals surface area contributed by atoms with Gasteiger partial charge in [0.15, 0.2) is 0 Å². The Balaban J connectivity index is 2.03. The van der Waals surface area contributed by atoms with Crippen LogP contribution in [0.4, 0.5) is 0 Å². The average molecular weight is 226 g/mol. The molecule has 3 rings (SSSR count). The average Bonchev–Trinajstić information content (AvgIpc) is 2.74. The topological polar surface area (TPSA) is 0 Å². The first-order chi connectivity index (χ1) is 7.75. The highest BCUT2D eigenvalue weighted by Crippen LogP contribution is 2.59. The fourth-order valence-corrected chi connectivity index (χ4v) is 5.27. The highest BCUT2D eigenvalue weighted by molar-refractivity contribution is 7.71. The van der Waals surface area contributed by atoms with Crippen LogP contribution in [0.2, 0.25) is 0 Å². The number of allylic oxidation sites excluding steroid dienone is 6. The summed E-state index contributed by atoms with van der Waals surface area (Å²) in [5, 5.41) is 3.08. The van der Waals surface area contributed by atoms with E-state index < -0.39 is 0 Å². The Bertz CT molecular complexity index is 505. The van der Waals surface area contributed by atoms with Crippen LogP contribution in [-0.2, 0) is 0 Å². The predicted molar refractivity (Wildman–Crippen MR) is 72.4 cm³/mol. The van der Waals surface area contributed by atoms with Crippen molar-refractivity contribution < 1.29 is 0 Å². The third kappa shape index (κ3) is 1.49. The second kappa shape index (κ2) is 3.71. The fourth-order valence-electron chi connectivity index (χ4n) is 2.52. The molecule has 1 aliphatic heterocycles. The van der Waals surface area contributed by atoms with Crippen molar-refractivity contribution in [2.75, 3.05) is 0 Å². The van der Waals surface area contributed by atoms with Crippen LogP contribution < -0.4 is 5.30 Å². The third-order valence-corrected chi connectivity index (χ3v) is 5.89. The maximum absolute atomic E-state index is 2.43. The maximum atomic E-state index is 2.43. The van der Waals surface area contributed by atoms with Gasteiger partial charge in [-0.15, -0.1) is 0 Å². The maximum Gasteiger partial charge on any atom is 0.00317 e. The van der Waals surface area contributed by atoms with Gasteiger partial charge in [-0.3, -0.25) is 0 Å². The quantitative estimate of drug-likeness (QED) is 0.636. The summed E-state index contributed by atoms with van der Waals surface area (Å²) < 4.78 is 0. The number of rotatable bonds is 1. The van der Waals surface area contributed by atoms with Crippen LogP contribution in [-0.4, -0.2) is 5.66 Å². The predicted octanol–water partition coefficient (Wildman–Crippen LogP) is 3.97. The first-order valence-corrected chi connectivity index (χ1v) is 7.13. The van der Waals surface area contributed by atoms with Crippen LogP contribution in [0.5, 0.6) is 0 Å². The van der Waals surface area contributed by atoms with Crippen molar-refractivity contribution in [2.45, 2.75) is 19.5 Å². The minimum Gasteiger partial charge on any atom is -0.0688 e. The van der Waals surface area contributed by atoms with E-state index in [9.17, 15) is 0 Å². The highest BCUT2D eigenvalue weighted by Gasteiger charge is 2.31. The zero-order valence-corrected chi connectivity index (χ0v) is 10.5. The van der Waals surface area contributed by atoms with Crippen molar-refractivity contribution in [2.24, 2.45) is 0 Å². The normalized spacial score (nSPS) is 27.2. The number of hydrogen-bond donors (Lipinski definition) is 0. The summed E-state index contributed by atoms with van der Waals surface area (Å²) in [6, 6.07) is 10.9. The summed E-state index contributed by atoms with van der Waals surface area (Å²) in [7, 11) is -0.152. The summed E-state index contributed by atoms with van der Waals surface area (Å²) in [4.78, 5) is 0. The number of benzene rings is 1. The van der Waals surface area contributed by atoms with Crippen molar-refractivity contribution in [3.05, 3.63) is 65.0 Å². The molecular weight excluding hydrogens is 211 g/mol. The molecule has 1 heteroatoms. The lowest BCUT2D eigenvalue weighted by molar-refractivity contribution is 1.24. The van der Waals surface area contributed by atoms with Crippen LogP contribution in [0.25, 0.3) is 0 Å². The summed E-state index contributed by atoms with van der Waals surface area (Å²) in [6.45, 7) is 4.53. The largest absolute Gasteiger partial charge is 0.0688 e. The summed E-state index contributed by atoms with van der Waals surface area (Å²) >= 11 is 0. The molecule has 0 radical (unpaired) electrons. The molecule has 1 aromatic rings. The Morgan fingerprint density at radius 2 is 1.81 bits per heavy atom. The molecule has 1 heterocycles. The van der Waals surface area contributed by atoms with E-state index in [1.165, 1.54) is 16.5 Å². The van der Waals surface area contributed by atoms with Gasteiger partial charge in [-0.05, 0) is 36.6 Å². The minimum atomic E-state index is -0.152. The molecule has 1 aliphatic carbocycles. The van der Waals surface area contributed by atoms with Crippen molar-refractivity contribution in [1.82, 2.24) is 0 Å². The molecule has 0 nitrogen and oxygen atoms in total. The summed E-state index contributed by atoms with van der Waals surface area (Å²) in [5.41, 5.74) is 3.56. The molecule has 2 aliphatic rings. The van der Waals surface area contributed by atoms with Crippen LogP contribution in [0.15, 0.2) is 65.0 Å². The molecule has 0 N–H and O–H groups in total. The van der Waals surface area contributed by atoms with E-state index >= 15 is 0 Å². The first kappa shape index (κ1) is 10.1. The lowest BCUT2D eigenvalue weighted by Gasteiger charge is -2.18. The van der Waals surface area contributed by atoms with Gasteiger partial charge in [0, 0.05) is 5.66 Å². The van der Waals surface area contributed by atoms with Crippen molar-refractivity contribution in [1.29, 1.82) is 0 Å². The Labute approximate surface area is 98.1 Å². The van der Waals surface area contributed by atoms with E-state index in [2.05, 4.69) is 62.4 Å². The molecule has 0 spiro atoms. The van der Waals surface area contributed by atoms with E-state index in [0.717, 1.165) is 0 Å². The van der Waals surface area contributed by atoms with Gasteiger partial charge in [0.1, 0.15) is 0 Å². The molecule has 0 aromatic heterocycles. The molecule has 2 unspecified atom stereocenters. The smallest absolute Gasteiger partial charge is 0.00317 e. The summed E-state index contributed by atoms with van der Waals surface area (Å²) in [6.07, 6.45) is 7.12. The molecule has 16 heavy (non-hydrogen) atoms. The van der Waals surface area contributed by atoms with Gasteiger partial charge < -0.3 is 0 Å². The van der Waals surface area contributed by atoms with E-state index in [1.807, 2.05) is 0 Å². The third-order valence-electron chi connectivity index (χ3n) is 3.17. The van der Waals surface area contributed by atoms with Crippen LogP contribution in [0, 0.1) is 0 Å². The fraction of sp³-hybridized carbons (Fsp3) is 0.200. The molecule has 0 bridgehead atoms. The SMILES string of the molecule is CC1=CC2=CC(C)P(c3ccccc3)C2=C1. The first-order valence-electron chi connectivity index (χ1n) is 5.72. The van der Waals surface area contributed by atoms with E-state index in [4.69, 9.17) is 0 Å². The van der Waals surface area contributed by atoms with Crippen molar-refractivity contribution in [3.8, 4) is 0 Å². The number of fused-ring (bicyclic) bond motifs is 1. The van der Waals surface area contributed by atoms with Crippen LogP contribution >= 0.6 is 7.92 Å². The Hall–Kier alpha value is -1.13. The second-order valence-electron chi connectivity index (χ2n) is 4.49. The molecular formula is C15H15P. The molecule has 1 aromatic carbocycles. The van der Waals surface area contributed by atoms with E-state index in [0.29, 0.717) is 5.66 Å². The van der Waals surface area contributed by atoms with Gasteiger partial charge in [-0.1, -0.05) is 55.5 Å². The van der Waals surface area contributed by atoms with Gasteiger partial charge in [0.05, 0.1) is 0 Å². The van der Waals surface area contributed by atoms with E-state index in [-0.39, 0.29) is 7.92 Å². The monoisotopic (exact) mass is 226 g/mol. The Morgan fingerprint density at radius 1 is 1.06 bits per heavy atom. The standard InChI is InChI=1S/C15H15P/c1-11-8-13-10-12(2)16(15(13)9-11)14-6-4-3-5-7-14/h3-10,12H,1-2H3. The van der Waals surface area contributed by atoms with Crippen LogP contribution in [0.3, 0.4) is 0 Å². The lowest BCUT2D eigenvalue weighted by atomic mass is 10.2. The molecule has 2 atom stereocenters. The Morgan fingerprint density at radius 3 is 2.56 bits per heavy atom. The second-order valence-corrected chi connectivity index (χ2v) is 7.04. The molecule has 0 amide bonds. The van der Waals surface area contributed by atoms with Gasteiger partial charge in [-0.25, -0.2) is 0 Å². The molecule has 0 saturated carbocycles. The van der Waals surface area contributed by atoms with E-state index in [1.54, 1.807) is 5.31 Å². The lowest BCUT2D eigenvalue weighted by Crippen LogP contribution is -2.05. The van der Waals surface area contributed by atoms with Crippen molar-refractivity contribution >= 4 is 13.2 Å². The molecule has 0 fully saturated rings. The molecule has 80 valence electrons. The number of hydrogen-bond acceptors (Lipinski definition) is 0.